The Hall–Kier alpha value is -0.210. The van der Waals surface area contributed by atoms with E-state index in [0.29, 0.717) is 24.2 Å². The van der Waals surface area contributed by atoms with Crippen molar-refractivity contribution in [2.75, 3.05) is 20.1 Å². The summed E-state index contributed by atoms with van der Waals surface area (Å²) in [5, 5.41) is 0. The molecule has 0 aromatic heterocycles. The van der Waals surface area contributed by atoms with Gasteiger partial charge in [0.25, 0.3) is 11.8 Å². The first-order chi connectivity index (χ1) is 10.1. The highest BCUT2D eigenvalue weighted by Gasteiger charge is 2.34. The summed E-state index contributed by atoms with van der Waals surface area (Å²) in [6.07, 6.45) is 0. The van der Waals surface area contributed by atoms with Gasteiger partial charge in [-0.3, -0.25) is 19.2 Å². The molecule has 0 aliphatic carbocycles. The minimum Gasteiger partial charge on any atom is -0.324 e. The van der Waals surface area contributed by atoms with Crippen LogP contribution in [0.5, 0.6) is 0 Å². The van der Waals surface area contributed by atoms with Crippen LogP contribution in [0.3, 0.4) is 0 Å². The van der Waals surface area contributed by atoms with Crippen molar-refractivity contribution in [3.63, 3.8) is 0 Å². The lowest BCUT2D eigenvalue weighted by molar-refractivity contribution is 0.0650. The molecule has 5 nitrogen and oxygen atoms in total. The first kappa shape index (κ1) is 18.8. The summed E-state index contributed by atoms with van der Waals surface area (Å²) in [5.74, 6) is -0.466. The maximum atomic E-state index is 12.1. The van der Waals surface area contributed by atoms with Crippen LogP contribution in [0, 0.1) is 0 Å². The number of benzene rings is 1. The van der Waals surface area contributed by atoms with E-state index in [1.807, 2.05) is 25.6 Å². The quantitative estimate of drug-likeness (QED) is 0.323. The van der Waals surface area contributed by atoms with Gasteiger partial charge in [0.15, 0.2) is 0 Å². The monoisotopic (exact) mass is 440 g/mol. The molecule has 1 aromatic carbocycles. The third kappa shape index (κ3) is 4.39. The van der Waals surface area contributed by atoms with Gasteiger partial charge in [-0.25, -0.2) is 0 Å². The Labute approximate surface area is 143 Å². The molecule has 0 fully saturated rings. The molecule has 2 rings (SSSR count). The minimum atomic E-state index is -0.721. The van der Waals surface area contributed by atoms with E-state index in [9.17, 15) is 9.59 Å². The fraction of sp³-hybridized carbons (Fsp3) is 0.385. The number of carbonyl (C=O) groups is 2. The van der Waals surface area contributed by atoms with Gasteiger partial charge in [-0.1, -0.05) is 26.0 Å². The second kappa shape index (κ2) is 9.05. The van der Waals surface area contributed by atoms with Gasteiger partial charge in [0.1, 0.15) is 4.92 Å². The summed E-state index contributed by atoms with van der Waals surface area (Å²) < 4.78 is 10.9. The number of rotatable bonds is 5. The van der Waals surface area contributed by atoms with Gasteiger partial charge in [-0.2, -0.15) is 0 Å². The number of likely N-dealkylation sites (N-methyl/N-ethyl adjacent to an activating group) is 1. The van der Waals surface area contributed by atoms with Crippen molar-refractivity contribution >= 4 is 50.4 Å². The van der Waals surface area contributed by atoms with E-state index in [2.05, 4.69) is 22.0 Å². The molecular formula is C13H18IN2O3PS. The SMILES string of the molecule is CC.CN(CCN1C(=O)c2ccccc2C1=O)P(I)SO. The molecule has 2 amide bonds. The van der Waals surface area contributed by atoms with E-state index in [1.54, 1.807) is 24.3 Å². The van der Waals surface area contributed by atoms with E-state index in [4.69, 9.17) is 4.55 Å². The molecular weight excluding hydrogens is 422 g/mol. The molecule has 0 spiro atoms. The molecule has 0 saturated heterocycles. The van der Waals surface area contributed by atoms with Crippen LogP contribution in [0.1, 0.15) is 34.6 Å². The number of hydrogen-bond acceptors (Lipinski definition) is 5. The smallest absolute Gasteiger partial charge is 0.261 e. The summed E-state index contributed by atoms with van der Waals surface area (Å²) in [5.41, 5.74) is 0.951. The number of hydrogen-bond donors (Lipinski definition) is 1. The Morgan fingerprint density at radius 3 is 2.14 bits per heavy atom. The summed E-state index contributed by atoms with van der Waals surface area (Å²) in [6, 6.07) is 6.86. The fourth-order valence-corrected chi connectivity index (χ4v) is 3.47. The van der Waals surface area contributed by atoms with Crippen molar-refractivity contribution in [3.8, 4) is 0 Å². The molecule has 1 N–H and O–H groups in total. The number of amides is 2. The van der Waals surface area contributed by atoms with Crippen LogP contribution >= 0.6 is 38.6 Å². The Morgan fingerprint density at radius 1 is 1.24 bits per heavy atom. The Balaban J connectivity index is 0.00000106. The molecule has 1 heterocycles. The van der Waals surface area contributed by atoms with E-state index in [1.165, 1.54) is 4.90 Å². The molecule has 0 saturated carbocycles. The van der Waals surface area contributed by atoms with Crippen LogP contribution in [-0.2, 0) is 0 Å². The molecule has 0 radical (unpaired) electrons. The number of carbonyl (C=O) groups excluding carboxylic acids is 2. The topological polar surface area (TPSA) is 60.9 Å². The molecule has 0 bridgehead atoms. The van der Waals surface area contributed by atoms with Gasteiger partial charge in [-0.05, 0) is 41.2 Å². The lowest BCUT2D eigenvalue weighted by Gasteiger charge is -2.22. The van der Waals surface area contributed by atoms with E-state index in [-0.39, 0.29) is 11.8 Å². The predicted octanol–water partition coefficient (Wildman–Crippen LogP) is 4.11. The normalized spacial score (nSPS) is 14.9. The second-order valence-electron chi connectivity index (χ2n) is 4.00. The Morgan fingerprint density at radius 2 is 1.71 bits per heavy atom. The van der Waals surface area contributed by atoms with Crippen LogP contribution in [0.4, 0.5) is 0 Å². The number of imide groups is 1. The summed E-state index contributed by atoms with van der Waals surface area (Å²) in [4.78, 5) is 24.7. The summed E-state index contributed by atoms with van der Waals surface area (Å²) in [6.45, 7) is 4.89. The molecule has 1 aliphatic heterocycles. The van der Waals surface area contributed by atoms with Crippen molar-refractivity contribution in [2.24, 2.45) is 0 Å². The summed E-state index contributed by atoms with van der Waals surface area (Å²) in [7, 11) is 1.86. The van der Waals surface area contributed by atoms with E-state index >= 15 is 0 Å². The maximum absolute atomic E-state index is 12.1. The molecule has 1 unspecified atom stereocenters. The second-order valence-corrected chi connectivity index (χ2v) is 11.5. The van der Waals surface area contributed by atoms with E-state index < -0.39 is 4.92 Å². The fourth-order valence-electron chi connectivity index (χ4n) is 1.83. The van der Waals surface area contributed by atoms with Crippen molar-refractivity contribution in [2.45, 2.75) is 13.8 Å². The number of fused-ring (bicyclic) bond motifs is 1. The molecule has 116 valence electrons. The highest BCUT2D eigenvalue weighted by atomic mass is 127. The van der Waals surface area contributed by atoms with Crippen LogP contribution < -0.4 is 0 Å². The Kier molecular flexibility index (Phi) is 8.12. The zero-order valence-corrected chi connectivity index (χ0v) is 16.0. The minimum absolute atomic E-state index is 0.233. The first-order valence-electron chi connectivity index (χ1n) is 6.50. The van der Waals surface area contributed by atoms with Crippen LogP contribution in [0.15, 0.2) is 24.3 Å². The zero-order valence-electron chi connectivity index (χ0n) is 12.1. The first-order valence-corrected chi connectivity index (χ1v) is 12.0. The average molecular weight is 440 g/mol. The Bertz CT molecular complexity index is 483. The maximum Gasteiger partial charge on any atom is 0.261 e. The van der Waals surface area contributed by atoms with Crippen LogP contribution in [-0.4, -0.2) is 46.1 Å². The van der Waals surface area contributed by atoms with Gasteiger partial charge >= 0.3 is 0 Å². The van der Waals surface area contributed by atoms with Crippen LogP contribution in [0.2, 0.25) is 0 Å². The third-order valence-electron chi connectivity index (χ3n) is 2.86. The van der Waals surface area contributed by atoms with Gasteiger partial charge in [0.2, 0.25) is 0 Å². The van der Waals surface area contributed by atoms with Crippen molar-refractivity contribution in [1.29, 1.82) is 0 Å². The molecule has 8 heteroatoms. The number of halogens is 1. The lowest BCUT2D eigenvalue weighted by atomic mass is 10.1. The largest absolute Gasteiger partial charge is 0.324 e. The molecule has 21 heavy (non-hydrogen) atoms. The van der Waals surface area contributed by atoms with Crippen molar-refractivity contribution in [3.05, 3.63) is 35.4 Å². The summed E-state index contributed by atoms with van der Waals surface area (Å²) >= 11 is 2.94. The third-order valence-corrected chi connectivity index (χ3v) is 8.77. The van der Waals surface area contributed by atoms with Gasteiger partial charge in [0.05, 0.1) is 11.1 Å². The molecule has 1 aliphatic rings. The lowest BCUT2D eigenvalue weighted by Crippen LogP contribution is -2.35. The number of nitrogens with zero attached hydrogens (tertiary/aromatic N) is 2. The molecule has 1 atom stereocenters. The van der Waals surface area contributed by atoms with Gasteiger partial charge in [-0.15, -0.1) is 0 Å². The van der Waals surface area contributed by atoms with Gasteiger partial charge < -0.3 is 4.55 Å². The van der Waals surface area contributed by atoms with Crippen LogP contribution in [0.25, 0.3) is 0 Å². The van der Waals surface area contributed by atoms with Gasteiger partial charge in [0, 0.05) is 24.8 Å². The van der Waals surface area contributed by atoms with Crippen molar-refractivity contribution in [1.82, 2.24) is 9.57 Å². The zero-order chi connectivity index (χ0) is 16.0. The van der Waals surface area contributed by atoms with E-state index in [0.717, 1.165) is 11.7 Å². The molecule has 1 aromatic rings. The average Bonchev–Trinajstić information content (AvgIpc) is 2.78. The highest BCUT2D eigenvalue weighted by molar-refractivity contribution is 14.2. The van der Waals surface area contributed by atoms with Crippen molar-refractivity contribution < 1.29 is 14.1 Å². The predicted molar refractivity (Wildman–Crippen MR) is 96.9 cm³/mol. The standard InChI is InChI=1S/C11H12IN2O3PS.C2H6/c1-13(18(12)19-17)6-7-14-10(15)8-4-2-3-5-9(8)11(14)16;1-2/h2-5,17H,6-7H2,1H3;1-2H3. The highest BCUT2D eigenvalue weighted by Crippen LogP contribution is 2.57.